The Bertz CT molecular complexity index is 523. The molecule has 2 aromatic heterocycles. The summed E-state index contributed by atoms with van der Waals surface area (Å²) in [6.07, 6.45) is 4.77. The van der Waals surface area contributed by atoms with E-state index in [-0.39, 0.29) is 5.91 Å². The van der Waals surface area contributed by atoms with Gasteiger partial charge in [-0.1, -0.05) is 11.6 Å². The van der Waals surface area contributed by atoms with E-state index in [1.807, 2.05) is 0 Å². The van der Waals surface area contributed by atoms with Gasteiger partial charge in [-0.15, -0.1) is 0 Å². The Kier molecular flexibility index (Phi) is 2.87. The standard InChI is InChI=1S/C10H9ClN4O/c1-15-6-8(5-13-15)14-10(16)7-2-3-12-9(11)4-7/h2-6H,1H3,(H,14,16). The largest absolute Gasteiger partial charge is 0.319 e. The lowest BCUT2D eigenvalue weighted by Crippen LogP contribution is -2.11. The van der Waals surface area contributed by atoms with Crippen molar-refractivity contribution in [2.75, 3.05) is 5.32 Å². The molecule has 0 aliphatic carbocycles. The second kappa shape index (κ2) is 4.32. The zero-order valence-corrected chi connectivity index (χ0v) is 9.27. The van der Waals surface area contributed by atoms with Crippen LogP contribution in [0.4, 0.5) is 5.69 Å². The van der Waals surface area contributed by atoms with Crippen molar-refractivity contribution in [3.63, 3.8) is 0 Å². The number of halogens is 1. The van der Waals surface area contributed by atoms with Crippen LogP contribution in [0.2, 0.25) is 5.15 Å². The summed E-state index contributed by atoms with van der Waals surface area (Å²) in [5, 5.41) is 6.93. The van der Waals surface area contributed by atoms with Crippen molar-refractivity contribution in [2.24, 2.45) is 7.05 Å². The summed E-state index contributed by atoms with van der Waals surface area (Å²) < 4.78 is 1.61. The molecule has 1 amide bonds. The van der Waals surface area contributed by atoms with Gasteiger partial charge in [-0.2, -0.15) is 5.10 Å². The van der Waals surface area contributed by atoms with Crippen LogP contribution in [0.1, 0.15) is 10.4 Å². The molecule has 0 aliphatic rings. The summed E-state index contributed by atoms with van der Waals surface area (Å²) >= 11 is 5.69. The molecule has 0 fully saturated rings. The van der Waals surface area contributed by atoms with Crippen molar-refractivity contribution >= 4 is 23.2 Å². The third-order valence-corrected chi connectivity index (χ3v) is 2.16. The summed E-state index contributed by atoms with van der Waals surface area (Å²) in [4.78, 5) is 15.5. The molecule has 16 heavy (non-hydrogen) atoms. The number of hydrogen-bond acceptors (Lipinski definition) is 3. The van der Waals surface area contributed by atoms with E-state index in [2.05, 4.69) is 15.4 Å². The van der Waals surface area contributed by atoms with Crippen LogP contribution in [0.25, 0.3) is 0 Å². The molecule has 5 nitrogen and oxygen atoms in total. The number of carbonyl (C=O) groups is 1. The molecule has 0 aromatic carbocycles. The smallest absolute Gasteiger partial charge is 0.255 e. The topological polar surface area (TPSA) is 59.8 Å². The number of pyridine rings is 1. The summed E-state index contributed by atoms with van der Waals surface area (Å²) in [5.74, 6) is -0.239. The Balaban J connectivity index is 2.14. The number of amides is 1. The highest BCUT2D eigenvalue weighted by molar-refractivity contribution is 6.29. The first kappa shape index (κ1) is 10.6. The van der Waals surface area contributed by atoms with E-state index in [4.69, 9.17) is 11.6 Å². The maximum absolute atomic E-state index is 11.7. The van der Waals surface area contributed by atoms with Crippen molar-refractivity contribution in [2.45, 2.75) is 0 Å². The van der Waals surface area contributed by atoms with E-state index in [1.54, 1.807) is 30.2 Å². The minimum absolute atomic E-state index is 0.239. The second-order valence-electron chi connectivity index (χ2n) is 3.22. The van der Waals surface area contributed by atoms with E-state index >= 15 is 0 Å². The fourth-order valence-corrected chi connectivity index (χ4v) is 1.41. The Morgan fingerprint density at radius 2 is 2.38 bits per heavy atom. The minimum Gasteiger partial charge on any atom is -0.319 e. The molecule has 0 radical (unpaired) electrons. The lowest BCUT2D eigenvalue weighted by atomic mass is 10.2. The van der Waals surface area contributed by atoms with Crippen molar-refractivity contribution in [3.8, 4) is 0 Å². The summed E-state index contributed by atoms with van der Waals surface area (Å²) in [6.45, 7) is 0. The predicted molar refractivity (Wildman–Crippen MR) is 60.4 cm³/mol. The molecular formula is C10H9ClN4O. The highest BCUT2D eigenvalue weighted by Crippen LogP contribution is 2.10. The average molecular weight is 237 g/mol. The van der Waals surface area contributed by atoms with Gasteiger partial charge in [0, 0.05) is 25.0 Å². The molecule has 0 saturated heterocycles. The van der Waals surface area contributed by atoms with Gasteiger partial charge in [0.05, 0.1) is 11.9 Å². The quantitative estimate of drug-likeness (QED) is 0.808. The van der Waals surface area contributed by atoms with Gasteiger partial charge in [0.1, 0.15) is 5.15 Å². The van der Waals surface area contributed by atoms with E-state index in [0.29, 0.717) is 16.4 Å². The Morgan fingerprint density at radius 3 is 3.00 bits per heavy atom. The highest BCUT2D eigenvalue weighted by atomic mass is 35.5. The van der Waals surface area contributed by atoms with E-state index in [0.717, 1.165) is 0 Å². The predicted octanol–water partition coefficient (Wildman–Crippen LogP) is 1.72. The number of nitrogens with one attached hydrogen (secondary N) is 1. The number of rotatable bonds is 2. The molecule has 2 heterocycles. The first-order valence-corrected chi connectivity index (χ1v) is 4.94. The van der Waals surface area contributed by atoms with Crippen molar-refractivity contribution in [1.29, 1.82) is 0 Å². The molecule has 0 unspecified atom stereocenters. The van der Waals surface area contributed by atoms with Crippen LogP contribution >= 0.6 is 11.6 Å². The van der Waals surface area contributed by atoms with Gasteiger partial charge in [0.25, 0.3) is 5.91 Å². The number of hydrogen-bond donors (Lipinski definition) is 1. The van der Waals surface area contributed by atoms with Gasteiger partial charge >= 0.3 is 0 Å². The fraction of sp³-hybridized carbons (Fsp3) is 0.100. The molecule has 0 bridgehead atoms. The molecule has 0 saturated carbocycles. The Morgan fingerprint density at radius 1 is 1.56 bits per heavy atom. The third kappa shape index (κ3) is 2.38. The van der Waals surface area contributed by atoms with Gasteiger partial charge in [-0.05, 0) is 12.1 Å². The van der Waals surface area contributed by atoms with Crippen LogP contribution in [0.15, 0.2) is 30.7 Å². The maximum atomic E-state index is 11.7. The molecule has 1 N–H and O–H groups in total. The van der Waals surface area contributed by atoms with Gasteiger partial charge < -0.3 is 5.32 Å². The van der Waals surface area contributed by atoms with Crippen LogP contribution in [0.3, 0.4) is 0 Å². The zero-order chi connectivity index (χ0) is 11.5. The first-order chi connectivity index (χ1) is 7.65. The Labute approximate surface area is 97.1 Å². The van der Waals surface area contributed by atoms with Crippen LogP contribution in [0, 0.1) is 0 Å². The molecule has 2 rings (SSSR count). The third-order valence-electron chi connectivity index (χ3n) is 1.95. The van der Waals surface area contributed by atoms with Crippen LogP contribution in [-0.2, 0) is 7.05 Å². The summed E-state index contributed by atoms with van der Waals surface area (Å²) in [5.41, 5.74) is 1.10. The van der Waals surface area contributed by atoms with Crippen molar-refractivity contribution in [1.82, 2.24) is 14.8 Å². The minimum atomic E-state index is -0.239. The number of carbonyl (C=O) groups excluding carboxylic acids is 1. The van der Waals surface area contributed by atoms with Crippen molar-refractivity contribution < 1.29 is 4.79 Å². The lowest BCUT2D eigenvalue weighted by molar-refractivity contribution is 0.102. The SMILES string of the molecule is Cn1cc(NC(=O)c2ccnc(Cl)c2)cn1. The van der Waals surface area contributed by atoms with Gasteiger partial charge in [-0.3, -0.25) is 9.48 Å². The molecular weight excluding hydrogens is 228 g/mol. The fourth-order valence-electron chi connectivity index (χ4n) is 1.23. The highest BCUT2D eigenvalue weighted by Gasteiger charge is 2.07. The zero-order valence-electron chi connectivity index (χ0n) is 8.51. The number of anilines is 1. The van der Waals surface area contributed by atoms with Gasteiger partial charge in [0.15, 0.2) is 0 Å². The van der Waals surface area contributed by atoms with Crippen LogP contribution in [-0.4, -0.2) is 20.7 Å². The molecule has 6 heteroatoms. The molecule has 0 aliphatic heterocycles. The van der Waals surface area contributed by atoms with Gasteiger partial charge in [0.2, 0.25) is 0 Å². The average Bonchev–Trinajstić information content (AvgIpc) is 2.64. The van der Waals surface area contributed by atoms with E-state index < -0.39 is 0 Å². The lowest BCUT2D eigenvalue weighted by Gasteiger charge is -2.01. The van der Waals surface area contributed by atoms with Crippen LogP contribution in [0.5, 0.6) is 0 Å². The molecule has 2 aromatic rings. The second-order valence-corrected chi connectivity index (χ2v) is 3.61. The Hall–Kier alpha value is -1.88. The molecule has 82 valence electrons. The molecule has 0 spiro atoms. The first-order valence-electron chi connectivity index (χ1n) is 4.57. The number of nitrogens with zero attached hydrogens (tertiary/aromatic N) is 3. The van der Waals surface area contributed by atoms with E-state index in [1.165, 1.54) is 12.3 Å². The summed E-state index contributed by atoms with van der Waals surface area (Å²) in [7, 11) is 1.78. The number of aryl methyl sites for hydroxylation is 1. The van der Waals surface area contributed by atoms with E-state index in [9.17, 15) is 4.79 Å². The molecule has 0 atom stereocenters. The normalized spacial score (nSPS) is 10.1. The van der Waals surface area contributed by atoms with Gasteiger partial charge in [-0.25, -0.2) is 4.98 Å². The maximum Gasteiger partial charge on any atom is 0.255 e. The number of aromatic nitrogens is 3. The van der Waals surface area contributed by atoms with Crippen molar-refractivity contribution in [3.05, 3.63) is 41.4 Å². The summed E-state index contributed by atoms with van der Waals surface area (Å²) in [6, 6.07) is 3.10. The van der Waals surface area contributed by atoms with Crippen LogP contribution < -0.4 is 5.32 Å². The monoisotopic (exact) mass is 236 g/mol.